The third-order valence-corrected chi connectivity index (χ3v) is 2.15. The first-order valence-electron chi connectivity index (χ1n) is 4.20. The van der Waals surface area contributed by atoms with E-state index in [9.17, 15) is 14.9 Å². The molecule has 0 atom stereocenters. The van der Waals surface area contributed by atoms with E-state index in [1.54, 1.807) is 6.07 Å². The molecule has 0 fully saturated rings. The number of hydrogen-bond donors (Lipinski definition) is 0. The van der Waals surface area contributed by atoms with Crippen LogP contribution in [0.3, 0.4) is 0 Å². The van der Waals surface area contributed by atoms with Crippen LogP contribution < -0.4 is 0 Å². The Hall–Kier alpha value is -2.30. The van der Waals surface area contributed by atoms with Crippen molar-refractivity contribution in [3.8, 4) is 0 Å². The lowest BCUT2D eigenvalue weighted by Gasteiger charge is -2.00. The average molecular weight is 202 g/mol. The van der Waals surface area contributed by atoms with E-state index in [-0.39, 0.29) is 5.69 Å². The van der Waals surface area contributed by atoms with Gasteiger partial charge >= 0.3 is 0 Å². The van der Waals surface area contributed by atoms with Crippen molar-refractivity contribution in [1.29, 1.82) is 0 Å². The van der Waals surface area contributed by atoms with E-state index < -0.39 is 4.92 Å². The topological polar surface area (TPSA) is 73.1 Å². The summed E-state index contributed by atoms with van der Waals surface area (Å²) in [6, 6.07) is 4.34. The lowest BCUT2D eigenvalue weighted by atomic mass is 10.1. The molecule has 15 heavy (non-hydrogen) atoms. The minimum atomic E-state index is -0.488. The van der Waals surface area contributed by atoms with Crippen LogP contribution in [0.25, 0.3) is 10.8 Å². The van der Waals surface area contributed by atoms with Gasteiger partial charge in [-0.1, -0.05) is 0 Å². The molecule has 0 unspecified atom stereocenters. The molecule has 0 spiro atoms. The van der Waals surface area contributed by atoms with Crippen LogP contribution in [0.4, 0.5) is 5.69 Å². The SMILES string of the molecule is O=Cc1ccc([N+](=O)[O-])c2cnccc12. The van der Waals surface area contributed by atoms with Gasteiger partial charge in [-0.15, -0.1) is 0 Å². The zero-order chi connectivity index (χ0) is 10.8. The summed E-state index contributed by atoms with van der Waals surface area (Å²) < 4.78 is 0. The van der Waals surface area contributed by atoms with Crippen LogP contribution >= 0.6 is 0 Å². The van der Waals surface area contributed by atoms with Crippen molar-refractivity contribution in [2.75, 3.05) is 0 Å². The molecule has 0 bridgehead atoms. The Morgan fingerprint density at radius 3 is 2.73 bits per heavy atom. The highest BCUT2D eigenvalue weighted by molar-refractivity contribution is 6.01. The zero-order valence-electron chi connectivity index (χ0n) is 7.58. The number of nitro groups is 1. The number of aromatic nitrogens is 1. The molecule has 5 heteroatoms. The summed E-state index contributed by atoms with van der Waals surface area (Å²) >= 11 is 0. The summed E-state index contributed by atoms with van der Waals surface area (Å²) in [7, 11) is 0. The van der Waals surface area contributed by atoms with Crippen molar-refractivity contribution in [3.05, 3.63) is 46.3 Å². The number of aldehydes is 1. The molecule has 1 heterocycles. The van der Waals surface area contributed by atoms with E-state index in [1.807, 2.05) is 0 Å². The molecule has 0 saturated heterocycles. The van der Waals surface area contributed by atoms with Crippen LogP contribution in [0, 0.1) is 10.1 Å². The second-order valence-electron chi connectivity index (χ2n) is 2.97. The molecule has 2 rings (SSSR count). The Bertz CT molecular complexity index is 551. The fraction of sp³-hybridized carbons (Fsp3) is 0. The number of rotatable bonds is 2. The lowest BCUT2D eigenvalue weighted by molar-refractivity contribution is -0.383. The number of nitrogens with zero attached hydrogens (tertiary/aromatic N) is 2. The molecule has 2 aromatic rings. The van der Waals surface area contributed by atoms with Crippen molar-refractivity contribution < 1.29 is 9.72 Å². The van der Waals surface area contributed by atoms with Gasteiger partial charge in [-0.3, -0.25) is 19.9 Å². The van der Waals surface area contributed by atoms with Crippen molar-refractivity contribution in [3.63, 3.8) is 0 Å². The quantitative estimate of drug-likeness (QED) is 0.424. The Morgan fingerprint density at radius 1 is 1.27 bits per heavy atom. The molecule has 0 aliphatic rings. The normalized spacial score (nSPS) is 10.1. The van der Waals surface area contributed by atoms with Crippen LogP contribution in [-0.2, 0) is 0 Å². The van der Waals surface area contributed by atoms with Gasteiger partial charge in [-0.05, 0) is 12.1 Å². The van der Waals surface area contributed by atoms with E-state index in [2.05, 4.69) is 4.98 Å². The van der Waals surface area contributed by atoms with Gasteiger partial charge in [-0.2, -0.15) is 0 Å². The number of nitro benzene ring substituents is 1. The maximum atomic E-state index is 10.7. The standard InChI is InChI=1S/C10H6N2O3/c13-6-7-1-2-10(12(14)15)9-5-11-4-3-8(7)9/h1-6H. The Morgan fingerprint density at radius 2 is 2.07 bits per heavy atom. The number of fused-ring (bicyclic) bond motifs is 1. The van der Waals surface area contributed by atoms with Gasteiger partial charge in [0, 0.05) is 29.4 Å². The molecule has 0 aliphatic heterocycles. The second-order valence-corrected chi connectivity index (χ2v) is 2.97. The predicted molar refractivity (Wildman–Crippen MR) is 53.8 cm³/mol. The third kappa shape index (κ3) is 1.43. The van der Waals surface area contributed by atoms with E-state index in [4.69, 9.17) is 0 Å². The van der Waals surface area contributed by atoms with Gasteiger partial charge in [0.05, 0.1) is 10.3 Å². The van der Waals surface area contributed by atoms with Gasteiger partial charge in [0.2, 0.25) is 0 Å². The van der Waals surface area contributed by atoms with E-state index in [0.717, 1.165) is 0 Å². The number of hydrogen-bond acceptors (Lipinski definition) is 4. The van der Waals surface area contributed by atoms with Crippen LogP contribution in [0.1, 0.15) is 10.4 Å². The summed E-state index contributed by atoms with van der Waals surface area (Å²) in [6.45, 7) is 0. The first-order valence-corrected chi connectivity index (χ1v) is 4.20. The summed E-state index contributed by atoms with van der Waals surface area (Å²) in [4.78, 5) is 24.7. The molecule has 74 valence electrons. The van der Waals surface area contributed by atoms with Crippen molar-refractivity contribution in [2.45, 2.75) is 0 Å². The molecule has 0 radical (unpaired) electrons. The maximum Gasteiger partial charge on any atom is 0.278 e. The molecule has 0 saturated carbocycles. The van der Waals surface area contributed by atoms with Gasteiger partial charge in [0.1, 0.15) is 0 Å². The molecular weight excluding hydrogens is 196 g/mol. The summed E-state index contributed by atoms with van der Waals surface area (Å²) in [5.74, 6) is 0. The molecule has 5 nitrogen and oxygen atoms in total. The smallest absolute Gasteiger partial charge is 0.278 e. The van der Waals surface area contributed by atoms with Crippen LogP contribution in [0.5, 0.6) is 0 Å². The number of pyridine rings is 1. The lowest BCUT2D eigenvalue weighted by Crippen LogP contribution is -1.92. The Balaban J connectivity index is 2.89. The Kier molecular flexibility index (Phi) is 2.13. The minimum Gasteiger partial charge on any atom is -0.298 e. The fourth-order valence-corrected chi connectivity index (χ4v) is 1.46. The van der Waals surface area contributed by atoms with E-state index in [1.165, 1.54) is 24.5 Å². The number of carbonyl (C=O) groups is 1. The highest BCUT2D eigenvalue weighted by atomic mass is 16.6. The Labute approximate surface area is 84.5 Å². The summed E-state index contributed by atoms with van der Waals surface area (Å²) in [5.41, 5.74) is 0.390. The number of benzene rings is 1. The van der Waals surface area contributed by atoms with Gasteiger partial charge in [0.25, 0.3) is 5.69 Å². The third-order valence-electron chi connectivity index (χ3n) is 2.15. The maximum absolute atomic E-state index is 10.7. The molecule has 0 amide bonds. The highest BCUT2D eigenvalue weighted by Crippen LogP contribution is 2.26. The highest BCUT2D eigenvalue weighted by Gasteiger charge is 2.13. The first kappa shape index (κ1) is 9.26. The van der Waals surface area contributed by atoms with Crippen LogP contribution in [0.15, 0.2) is 30.6 Å². The van der Waals surface area contributed by atoms with Crippen LogP contribution in [-0.4, -0.2) is 16.2 Å². The molecular formula is C10H6N2O3. The summed E-state index contributed by atoms with van der Waals surface area (Å²) in [6.07, 6.45) is 3.56. The summed E-state index contributed by atoms with van der Waals surface area (Å²) in [5, 5.41) is 11.6. The average Bonchev–Trinajstić information content (AvgIpc) is 2.27. The predicted octanol–water partition coefficient (Wildman–Crippen LogP) is 1.96. The van der Waals surface area contributed by atoms with Crippen molar-refractivity contribution in [2.24, 2.45) is 0 Å². The largest absolute Gasteiger partial charge is 0.298 e. The number of carbonyl (C=O) groups excluding carboxylic acids is 1. The van der Waals surface area contributed by atoms with Gasteiger partial charge in [0.15, 0.2) is 6.29 Å². The van der Waals surface area contributed by atoms with E-state index in [0.29, 0.717) is 22.6 Å². The first-order chi connectivity index (χ1) is 7.24. The molecule has 1 aromatic carbocycles. The fourth-order valence-electron chi connectivity index (χ4n) is 1.46. The minimum absolute atomic E-state index is 0.0382. The van der Waals surface area contributed by atoms with Crippen LogP contribution in [0.2, 0.25) is 0 Å². The molecule has 0 aliphatic carbocycles. The van der Waals surface area contributed by atoms with Crippen molar-refractivity contribution >= 4 is 22.7 Å². The van der Waals surface area contributed by atoms with E-state index >= 15 is 0 Å². The monoisotopic (exact) mass is 202 g/mol. The molecule has 1 aromatic heterocycles. The number of non-ortho nitro benzene ring substituents is 1. The zero-order valence-corrected chi connectivity index (χ0v) is 7.58. The molecule has 0 N–H and O–H groups in total. The second kappa shape index (κ2) is 3.45. The van der Waals surface area contributed by atoms with Gasteiger partial charge < -0.3 is 0 Å². The van der Waals surface area contributed by atoms with Gasteiger partial charge in [-0.25, -0.2) is 0 Å². The van der Waals surface area contributed by atoms with Crippen molar-refractivity contribution in [1.82, 2.24) is 4.98 Å².